The lowest BCUT2D eigenvalue weighted by Gasteiger charge is -2.32. The third-order valence-corrected chi connectivity index (χ3v) is 5.74. The third-order valence-electron chi connectivity index (χ3n) is 5.74. The van der Waals surface area contributed by atoms with Gasteiger partial charge in [-0.1, -0.05) is 30.9 Å². The molecule has 1 saturated heterocycles. The number of aryl methyl sites for hydroxylation is 1. The molecule has 3 nitrogen and oxygen atoms in total. The summed E-state index contributed by atoms with van der Waals surface area (Å²) in [6.45, 7) is 9.34. The minimum absolute atomic E-state index is 0.155. The predicted molar refractivity (Wildman–Crippen MR) is 115 cm³/mol. The van der Waals surface area contributed by atoms with Crippen molar-refractivity contribution in [2.24, 2.45) is 13.0 Å². The van der Waals surface area contributed by atoms with Crippen LogP contribution in [0.25, 0.3) is 12.7 Å². The van der Waals surface area contributed by atoms with Crippen molar-refractivity contribution < 1.29 is 4.39 Å². The molecule has 1 aromatic heterocycles. The van der Waals surface area contributed by atoms with Gasteiger partial charge in [-0.25, -0.2) is 9.37 Å². The van der Waals surface area contributed by atoms with Crippen molar-refractivity contribution >= 4 is 12.7 Å². The van der Waals surface area contributed by atoms with Crippen molar-refractivity contribution in [3.8, 4) is 0 Å². The van der Waals surface area contributed by atoms with Gasteiger partial charge < -0.3 is 4.57 Å². The monoisotopic (exact) mass is 381 g/mol. The summed E-state index contributed by atoms with van der Waals surface area (Å²) in [6, 6.07) is 6.93. The minimum Gasteiger partial charge on any atom is -0.331 e. The molecular formula is C24H32FN3. The first-order valence-electron chi connectivity index (χ1n) is 10.4. The molecule has 3 rings (SSSR count). The maximum atomic E-state index is 13.0. The lowest BCUT2D eigenvalue weighted by Crippen LogP contribution is -2.36. The molecule has 2 heterocycles. The Labute approximate surface area is 167 Å². The first kappa shape index (κ1) is 20.5. The van der Waals surface area contributed by atoms with Crippen molar-refractivity contribution in [1.29, 1.82) is 0 Å². The van der Waals surface area contributed by atoms with Crippen molar-refractivity contribution in [3.63, 3.8) is 0 Å². The molecule has 1 unspecified atom stereocenters. The van der Waals surface area contributed by atoms with E-state index < -0.39 is 0 Å². The summed E-state index contributed by atoms with van der Waals surface area (Å²) in [4.78, 5) is 7.33. The second-order valence-electron chi connectivity index (χ2n) is 7.87. The quantitative estimate of drug-likeness (QED) is 0.731. The Hall–Kier alpha value is -2.20. The number of rotatable bonds is 7. The first-order valence-corrected chi connectivity index (χ1v) is 10.4. The summed E-state index contributed by atoms with van der Waals surface area (Å²) in [5.74, 6) is 1.67. The van der Waals surface area contributed by atoms with Gasteiger partial charge in [0, 0.05) is 13.6 Å². The molecule has 1 atom stereocenters. The molecule has 0 bridgehead atoms. The van der Waals surface area contributed by atoms with Gasteiger partial charge in [0.15, 0.2) is 0 Å². The molecule has 1 aliphatic heterocycles. The van der Waals surface area contributed by atoms with E-state index in [1.807, 2.05) is 37.3 Å². The highest BCUT2D eigenvalue weighted by molar-refractivity contribution is 5.34. The van der Waals surface area contributed by atoms with Gasteiger partial charge in [-0.15, -0.1) is 0 Å². The van der Waals surface area contributed by atoms with Gasteiger partial charge >= 0.3 is 0 Å². The SMILES string of the molecule is C=c1/c(=C\C=C/C)nc(CN2CCCC(CCCc3ccc(F)cc3)C2)n1C. The molecule has 0 radical (unpaired) electrons. The normalized spacial score (nSPS) is 19.0. The Morgan fingerprint density at radius 3 is 2.82 bits per heavy atom. The topological polar surface area (TPSA) is 21.1 Å². The Morgan fingerprint density at radius 1 is 1.29 bits per heavy atom. The predicted octanol–water partition coefficient (Wildman–Crippen LogP) is 3.56. The maximum Gasteiger partial charge on any atom is 0.123 e. The molecule has 28 heavy (non-hydrogen) atoms. The van der Waals surface area contributed by atoms with Gasteiger partial charge in [-0.2, -0.15) is 0 Å². The largest absolute Gasteiger partial charge is 0.331 e. The fourth-order valence-corrected chi connectivity index (χ4v) is 4.04. The lowest BCUT2D eigenvalue weighted by atomic mass is 9.92. The molecule has 1 aliphatic rings. The van der Waals surface area contributed by atoms with E-state index in [1.165, 1.54) is 24.8 Å². The van der Waals surface area contributed by atoms with Gasteiger partial charge in [0.1, 0.15) is 11.6 Å². The highest BCUT2D eigenvalue weighted by Gasteiger charge is 2.21. The number of nitrogens with zero attached hydrogens (tertiary/aromatic N) is 3. The number of aromatic nitrogens is 2. The average Bonchev–Trinajstić information content (AvgIpc) is 2.96. The Bertz CT molecular complexity index is 895. The number of benzene rings is 1. The zero-order valence-corrected chi connectivity index (χ0v) is 17.2. The Kier molecular flexibility index (Phi) is 7.21. The zero-order valence-electron chi connectivity index (χ0n) is 17.2. The lowest BCUT2D eigenvalue weighted by molar-refractivity contribution is 0.155. The van der Waals surface area contributed by atoms with E-state index in [2.05, 4.69) is 23.1 Å². The van der Waals surface area contributed by atoms with E-state index in [0.29, 0.717) is 0 Å². The van der Waals surface area contributed by atoms with Crippen LogP contribution in [-0.4, -0.2) is 27.5 Å². The van der Waals surface area contributed by atoms with Crippen molar-refractivity contribution in [2.75, 3.05) is 13.1 Å². The van der Waals surface area contributed by atoms with E-state index in [4.69, 9.17) is 4.98 Å². The standard InChI is InChI=1S/C24H32FN3/c1-4-5-11-23-19(2)27(3)24(26-23)18-28-16-7-10-21(17-28)9-6-8-20-12-14-22(25)15-13-20/h4-5,11-15,21H,2,6-10,16-18H2,1,3H3/b5-4-,23-11+. The number of imidazole rings is 1. The van der Waals surface area contributed by atoms with Crippen LogP contribution in [0.15, 0.2) is 36.4 Å². The number of likely N-dealkylation sites (tertiary alicyclic amines) is 1. The molecule has 1 fully saturated rings. The third kappa shape index (κ3) is 5.41. The second kappa shape index (κ2) is 9.83. The molecule has 0 spiro atoms. The second-order valence-corrected chi connectivity index (χ2v) is 7.87. The highest BCUT2D eigenvalue weighted by atomic mass is 19.1. The summed E-state index contributed by atoms with van der Waals surface area (Å²) >= 11 is 0. The van der Waals surface area contributed by atoms with E-state index >= 15 is 0 Å². The molecular weight excluding hydrogens is 349 g/mol. The van der Waals surface area contributed by atoms with Crippen LogP contribution in [0.3, 0.4) is 0 Å². The van der Waals surface area contributed by atoms with E-state index in [1.54, 1.807) is 12.1 Å². The molecule has 0 N–H and O–H groups in total. The van der Waals surface area contributed by atoms with Gasteiger partial charge in [0.2, 0.25) is 0 Å². The van der Waals surface area contributed by atoms with E-state index in [0.717, 1.165) is 54.9 Å². The van der Waals surface area contributed by atoms with Crippen molar-refractivity contribution in [3.05, 3.63) is 64.3 Å². The van der Waals surface area contributed by atoms with Crippen LogP contribution in [0.1, 0.15) is 44.0 Å². The molecule has 0 aliphatic carbocycles. The molecule has 0 amide bonds. The number of hydrogen-bond acceptors (Lipinski definition) is 2. The first-order chi connectivity index (χ1) is 13.6. The average molecular weight is 382 g/mol. The molecule has 4 heteroatoms. The maximum absolute atomic E-state index is 13.0. The van der Waals surface area contributed by atoms with E-state index in [-0.39, 0.29) is 5.82 Å². The Morgan fingerprint density at radius 2 is 2.07 bits per heavy atom. The summed E-state index contributed by atoms with van der Waals surface area (Å²) < 4.78 is 15.1. The fraction of sp³-hybridized carbons (Fsp3) is 0.458. The minimum atomic E-state index is -0.155. The number of piperidine rings is 1. The summed E-state index contributed by atoms with van der Waals surface area (Å²) in [5.41, 5.74) is 1.23. The Balaban J connectivity index is 1.53. The van der Waals surface area contributed by atoms with E-state index in [9.17, 15) is 4.39 Å². The van der Waals surface area contributed by atoms with Crippen molar-refractivity contribution in [2.45, 2.75) is 45.6 Å². The van der Waals surface area contributed by atoms with Gasteiger partial charge in [0.25, 0.3) is 0 Å². The van der Waals surface area contributed by atoms with Crippen LogP contribution in [0.4, 0.5) is 4.39 Å². The molecule has 1 aromatic carbocycles. The molecule has 150 valence electrons. The number of allylic oxidation sites excluding steroid dienone is 2. The summed E-state index contributed by atoms with van der Waals surface area (Å²) in [6.07, 6.45) is 12.0. The summed E-state index contributed by atoms with van der Waals surface area (Å²) in [5, 5.41) is 1.93. The van der Waals surface area contributed by atoms with Gasteiger partial charge in [-0.05, 0) is 75.3 Å². The zero-order chi connectivity index (χ0) is 19.9. The van der Waals surface area contributed by atoms with Crippen LogP contribution < -0.4 is 10.7 Å². The van der Waals surface area contributed by atoms with Crippen LogP contribution >= 0.6 is 0 Å². The fourth-order valence-electron chi connectivity index (χ4n) is 4.04. The number of hydrogen-bond donors (Lipinski definition) is 0. The summed E-state index contributed by atoms with van der Waals surface area (Å²) in [7, 11) is 2.06. The van der Waals surface area contributed by atoms with Crippen LogP contribution in [0.2, 0.25) is 0 Å². The van der Waals surface area contributed by atoms with Crippen LogP contribution in [0, 0.1) is 11.7 Å². The van der Waals surface area contributed by atoms with Gasteiger partial charge in [-0.3, -0.25) is 4.90 Å². The van der Waals surface area contributed by atoms with Gasteiger partial charge in [0.05, 0.1) is 17.2 Å². The molecule has 0 saturated carbocycles. The smallest absolute Gasteiger partial charge is 0.123 e. The molecule has 2 aromatic rings. The van der Waals surface area contributed by atoms with Crippen LogP contribution in [-0.2, 0) is 20.0 Å². The highest BCUT2D eigenvalue weighted by Crippen LogP contribution is 2.23. The number of halogens is 1. The van der Waals surface area contributed by atoms with Crippen LogP contribution in [0.5, 0.6) is 0 Å². The van der Waals surface area contributed by atoms with Crippen molar-refractivity contribution in [1.82, 2.24) is 14.5 Å².